The number of nitrogens with two attached hydrogens (primary N) is 1. The first-order valence-corrected chi connectivity index (χ1v) is 6.71. The number of methoxy groups -OCH3 is 1. The van der Waals surface area contributed by atoms with Gasteiger partial charge in [-0.05, 0) is 18.3 Å². The largest absolute Gasteiger partial charge is 0.383 e. The first kappa shape index (κ1) is 13.5. The Bertz CT molecular complexity index is 400. The lowest BCUT2D eigenvalue weighted by Crippen LogP contribution is -2.22. The molecule has 1 saturated carbocycles. The molecule has 1 fully saturated rings. The SMILES string of the molecule is COCCn1c(CN)nnc1C1CCCC1(C)C. The van der Waals surface area contributed by atoms with Crippen LogP contribution in [0.1, 0.15) is 50.7 Å². The fourth-order valence-corrected chi connectivity index (χ4v) is 2.99. The molecule has 1 aromatic heterocycles. The van der Waals surface area contributed by atoms with Crippen LogP contribution in [0.5, 0.6) is 0 Å². The summed E-state index contributed by atoms with van der Waals surface area (Å²) in [5, 5.41) is 8.63. The summed E-state index contributed by atoms with van der Waals surface area (Å²) in [6.07, 6.45) is 3.72. The summed E-state index contributed by atoms with van der Waals surface area (Å²) in [5.41, 5.74) is 6.05. The molecule has 5 nitrogen and oxygen atoms in total. The van der Waals surface area contributed by atoms with E-state index in [1.54, 1.807) is 7.11 Å². The fraction of sp³-hybridized carbons (Fsp3) is 0.846. The molecule has 18 heavy (non-hydrogen) atoms. The van der Waals surface area contributed by atoms with Gasteiger partial charge in [0, 0.05) is 19.6 Å². The van der Waals surface area contributed by atoms with Gasteiger partial charge in [0.25, 0.3) is 0 Å². The van der Waals surface area contributed by atoms with Crippen LogP contribution < -0.4 is 5.73 Å². The van der Waals surface area contributed by atoms with Crippen molar-refractivity contribution in [2.45, 2.75) is 52.1 Å². The van der Waals surface area contributed by atoms with Crippen LogP contribution in [0.4, 0.5) is 0 Å². The molecule has 0 aromatic carbocycles. The van der Waals surface area contributed by atoms with E-state index in [1.807, 2.05) is 0 Å². The smallest absolute Gasteiger partial charge is 0.146 e. The Morgan fingerprint density at radius 2 is 2.22 bits per heavy atom. The fourth-order valence-electron chi connectivity index (χ4n) is 2.99. The summed E-state index contributed by atoms with van der Waals surface area (Å²) in [6, 6.07) is 0. The molecule has 2 N–H and O–H groups in total. The summed E-state index contributed by atoms with van der Waals surface area (Å²) in [7, 11) is 1.71. The lowest BCUT2D eigenvalue weighted by molar-refractivity contribution is 0.183. The van der Waals surface area contributed by atoms with E-state index in [9.17, 15) is 0 Å². The van der Waals surface area contributed by atoms with Crippen molar-refractivity contribution in [2.75, 3.05) is 13.7 Å². The summed E-state index contributed by atoms with van der Waals surface area (Å²) < 4.78 is 7.32. The average Bonchev–Trinajstić information content (AvgIpc) is 2.88. The Morgan fingerprint density at radius 1 is 1.44 bits per heavy atom. The van der Waals surface area contributed by atoms with Crippen LogP contribution in [0.2, 0.25) is 0 Å². The molecule has 2 rings (SSSR count). The normalized spacial score (nSPS) is 22.6. The van der Waals surface area contributed by atoms with E-state index < -0.39 is 0 Å². The number of hydrogen-bond acceptors (Lipinski definition) is 4. The molecule has 0 spiro atoms. The van der Waals surface area contributed by atoms with Gasteiger partial charge in [-0.25, -0.2) is 0 Å². The molecule has 102 valence electrons. The van der Waals surface area contributed by atoms with Crippen molar-refractivity contribution in [3.05, 3.63) is 11.6 Å². The molecule has 0 radical (unpaired) electrons. The second-order valence-corrected chi connectivity index (χ2v) is 5.76. The van der Waals surface area contributed by atoms with Crippen LogP contribution in [-0.2, 0) is 17.8 Å². The van der Waals surface area contributed by atoms with Gasteiger partial charge >= 0.3 is 0 Å². The molecule has 0 saturated heterocycles. The molecule has 5 heteroatoms. The second kappa shape index (κ2) is 5.36. The zero-order chi connectivity index (χ0) is 13.2. The van der Waals surface area contributed by atoms with Crippen molar-refractivity contribution < 1.29 is 4.74 Å². The maximum atomic E-state index is 5.74. The lowest BCUT2D eigenvalue weighted by Gasteiger charge is -2.26. The summed E-state index contributed by atoms with van der Waals surface area (Å²) in [5.74, 6) is 2.45. The van der Waals surface area contributed by atoms with E-state index in [2.05, 4.69) is 28.6 Å². The Kier molecular flexibility index (Phi) is 4.02. The highest BCUT2D eigenvalue weighted by atomic mass is 16.5. The van der Waals surface area contributed by atoms with Crippen molar-refractivity contribution >= 4 is 0 Å². The zero-order valence-electron chi connectivity index (χ0n) is 11.6. The van der Waals surface area contributed by atoms with Gasteiger partial charge in [0.1, 0.15) is 11.6 Å². The maximum Gasteiger partial charge on any atom is 0.146 e. The van der Waals surface area contributed by atoms with Crippen molar-refractivity contribution in [3.8, 4) is 0 Å². The Morgan fingerprint density at radius 3 is 2.78 bits per heavy atom. The van der Waals surface area contributed by atoms with Crippen LogP contribution in [0.15, 0.2) is 0 Å². The number of aromatic nitrogens is 3. The van der Waals surface area contributed by atoms with Crippen LogP contribution in [0, 0.1) is 5.41 Å². The number of rotatable bonds is 5. The van der Waals surface area contributed by atoms with Gasteiger partial charge < -0.3 is 15.0 Å². The highest BCUT2D eigenvalue weighted by molar-refractivity contribution is 5.09. The highest BCUT2D eigenvalue weighted by Gasteiger charge is 2.38. The maximum absolute atomic E-state index is 5.74. The van der Waals surface area contributed by atoms with E-state index >= 15 is 0 Å². The van der Waals surface area contributed by atoms with Crippen LogP contribution >= 0.6 is 0 Å². The van der Waals surface area contributed by atoms with Gasteiger partial charge in [0.2, 0.25) is 0 Å². The second-order valence-electron chi connectivity index (χ2n) is 5.76. The number of ether oxygens (including phenoxy) is 1. The van der Waals surface area contributed by atoms with Gasteiger partial charge in [-0.15, -0.1) is 10.2 Å². The van der Waals surface area contributed by atoms with Crippen molar-refractivity contribution in [1.82, 2.24) is 14.8 Å². The molecule has 1 aliphatic rings. The molecule has 1 heterocycles. The predicted molar refractivity (Wildman–Crippen MR) is 70.2 cm³/mol. The van der Waals surface area contributed by atoms with Gasteiger partial charge in [-0.1, -0.05) is 20.3 Å². The van der Waals surface area contributed by atoms with Crippen molar-refractivity contribution in [1.29, 1.82) is 0 Å². The van der Waals surface area contributed by atoms with E-state index in [0.29, 0.717) is 24.5 Å². The first-order valence-electron chi connectivity index (χ1n) is 6.71. The first-order chi connectivity index (χ1) is 8.60. The molecule has 1 unspecified atom stereocenters. The quantitative estimate of drug-likeness (QED) is 0.865. The Balaban J connectivity index is 2.29. The molecule has 0 bridgehead atoms. The standard InChI is InChI=1S/C13H24N4O/c1-13(2)6-4-5-10(13)12-16-15-11(9-14)17(12)7-8-18-3/h10H,4-9,14H2,1-3H3. The summed E-state index contributed by atoms with van der Waals surface area (Å²) in [6.45, 7) is 6.54. The zero-order valence-corrected chi connectivity index (χ0v) is 11.6. The minimum atomic E-state index is 0.309. The average molecular weight is 252 g/mol. The third kappa shape index (κ3) is 2.42. The molecular formula is C13H24N4O. The van der Waals surface area contributed by atoms with Gasteiger partial charge in [0.15, 0.2) is 0 Å². The third-order valence-electron chi connectivity index (χ3n) is 4.13. The number of nitrogens with zero attached hydrogens (tertiary/aromatic N) is 3. The van der Waals surface area contributed by atoms with Crippen LogP contribution in [0.25, 0.3) is 0 Å². The number of hydrogen-bond donors (Lipinski definition) is 1. The Hall–Kier alpha value is -0.940. The van der Waals surface area contributed by atoms with Crippen LogP contribution in [0.3, 0.4) is 0 Å². The summed E-state index contributed by atoms with van der Waals surface area (Å²) in [4.78, 5) is 0. The summed E-state index contributed by atoms with van der Waals surface area (Å²) >= 11 is 0. The molecular weight excluding hydrogens is 228 g/mol. The highest BCUT2D eigenvalue weighted by Crippen LogP contribution is 2.48. The topological polar surface area (TPSA) is 66.0 Å². The molecule has 0 aliphatic heterocycles. The van der Waals surface area contributed by atoms with E-state index in [1.165, 1.54) is 19.3 Å². The Labute approximate surface area is 109 Å². The third-order valence-corrected chi connectivity index (χ3v) is 4.13. The molecule has 1 aromatic rings. The molecule has 0 amide bonds. The van der Waals surface area contributed by atoms with E-state index in [-0.39, 0.29) is 0 Å². The van der Waals surface area contributed by atoms with E-state index in [0.717, 1.165) is 18.2 Å². The molecule has 1 atom stereocenters. The van der Waals surface area contributed by atoms with Gasteiger partial charge in [0.05, 0.1) is 13.2 Å². The predicted octanol–water partition coefficient (Wildman–Crippen LogP) is 1.68. The van der Waals surface area contributed by atoms with Crippen LogP contribution in [-0.4, -0.2) is 28.5 Å². The van der Waals surface area contributed by atoms with Crippen molar-refractivity contribution in [2.24, 2.45) is 11.1 Å². The van der Waals surface area contributed by atoms with Gasteiger partial charge in [-0.3, -0.25) is 0 Å². The monoisotopic (exact) mass is 252 g/mol. The minimum absolute atomic E-state index is 0.309. The van der Waals surface area contributed by atoms with Gasteiger partial charge in [-0.2, -0.15) is 0 Å². The van der Waals surface area contributed by atoms with Crippen molar-refractivity contribution in [3.63, 3.8) is 0 Å². The lowest BCUT2D eigenvalue weighted by atomic mass is 9.81. The minimum Gasteiger partial charge on any atom is -0.383 e. The van der Waals surface area contributed by atoms with E-state index in [4.69, 9.17) is 10.5 Å². The molecule has 1 aliphatic carbocycles.